The molecule has 4 nitrogen and oxygen atoms in total. The zero-order valence-corrected chi connectivity index (χ0v) is 8.30. The average molecular weight is 186 g/mol. The fourth-order valence-electron chi connectivity index (χ4n) is 0.737. The van der Waals surface area contributed by atoms with Crippen molar-refractivity contribution in [1.82, 2.24) is 10.6 Å². The molecule has 0 aromatic heterocycles. The molecule has 2 amide bonds. The fourth-order valence-corrected chi connectivity index (χ4v) is 0.737. The van der Waals surface area contributed by atoms with Crippen LogP contribution in [0.5, 0.6) is 0 Å². The van der Waals surface area contributed by atoms with Gasteiger partial charge in [0.1, 0.15) is 0 Å². The Kier molecular flexibility index (Phi) is 7.01. The Hall–Kier alpha value is -1.03. The molecule has 0 heterocycles. The molecule has 0 bridgehead atoms. The van der Waals surface area contributed by atoms with E-state index in [1.54, 1.807) is 0 Å². The number of carbonyl (C=O) groups excluding carboxylic acids is 1. The van der Waals surface area contributed by atoms with Gasteiger partial charge in [-0.25, -0.2) is 4.79 Å². The number of hydrogen-bond acceptors (Lipinski definition) is 2. The molecular formula is C9H18N2O2. The average Bonchev–Trinajstić information content (AvgIpc) is 2.03. The summed E-state index contributed by atoms with van der Waals surface area (Å²) in [4.78, 5) is 10.8. The van der Waals surface area contributed by atoms with E-state index in [4.69, 9.17) is 4.74 Å². The molecular weight excluding hydrogens is 168 g/mol. The summed E-state index contributed by atoms with van der Waals surface area (Å²) in [5.74, 6) is 0. The largest absolute Gasteiger partial charge is 0.379 e. The maximum Gasteiger partial charge on any atom is 0.318 e. The molecule has 0 aromatic rings. The third kappa shape index (κ3) is 8.88. The maximum absolute atomic E-state index is 10.8. The van der Waals surface area contributed by atoms with Crippen LogP contribution in [0.3, 0.4) is 0 Å². The molecule has 0 saturated carbocycles. The zero-order valence-electron chi connectivity index (χ0n) is 8.30. The Bertz CT molecular complexity index is 158. The van der Waals surface area contributed by atoms with Crippen LogP contribution in [0.4, 0.5) is 4.79 Å². The van der Waals surface area contributed by atoms with Gasteiger partial charge in [-0.2, -0.15) is 0 Å². The Morgan fingerprint density at radius 2 is 2.31 bits per heavy atom. The smallest absolute Gasteiger partial charge is 0.318 e. The molecule has 0 spiro atoms. The normalized spacial score (nSPS) is 9.77. The van der Waals surface area contributed by atoms with Crippen LogP contribution in [0.2, 0.25) is 0 Å². The van der Waals surface area contributed by atoms with Crippen LogP contribution in [0.1, 0.15) is 20.3 Å². The third-order valence-electron chi connectivity index (χ3n) is 1.29. The number of rotatable bonds is 6. The van der Waals surface area contributed by atoms with Crippen molar-refractivity contribution in [2.24, 2.45) is 0 Å². The molecule has 0 rings (SSSR count). The minimum absolute atomic E-state index is 0.223. The van der Waals surface area contributed by atoms with Crippen LogP contribution >= 0.6 is 0 Å². The van der Waals surface area contributed by atoms with Gasteiger partial charge in [-0.15, -0.1) is 0 Å². The highest BCUT2D eigenvalue weighted by molar-refractivity contribution is 5.74. The summed E-state index contributed by atoms with van der Waals surface area (Å²) < 4.78 is 5.29. The topological polar surface area (TPSA) is 50.4 Å². The van der Waals surface area contributed by atoms with Crippen molar-refractivity contribution in [1.29, 1.82) is 0 Å². The van der Waals surface area contributed by atoms with Crippen molar-refractivity contribution in [3.63, 3.8) is 0 Å². The summed E-state index contributed by atoms with van der Waals surface area (Å²) in [7, 11) is 0. The monoisotopic (exact) mass is 186 g/mol. The van der Waals surface area contributed by atoms with Crippen molar-refractivity contribution in [2.45, 2.75) is 26.4 Å². The molecule has 4 heteroatoms. The van der Waals surface area contributed by atoms with E-state index in [1.165, 1.54) is 6.20 Å². The Labute approximate surface area is 79.3 Å². The molecule has 0 aliphatic carbocycles. The third-order valence-corrected chi connectivity index (χ3v) is 1.29. The van der Waals surface area contributed by atoms with Crippen molar-refractivity contribution in [3.8, 4) is 0 Å². The molecule has 76 valence electrons. The van der Waals surface area contributed by atoms with Crippen molar-refractivity contribution in [3.05, 3.63) is 12.8 Å². The van der Waals surface area contributed by atoms with Gasteiger partial charge >= 0.3 is 6.03 Å². The Morgan fingerprint density at radius 3 is 2.85 bits per heavy atom. The van der Waals surface area contributed by atoms with E-state index in [2.05, 4.69) is 17.2 Å². The van der Waals surface area contributed by atoms with E-state index in [1.807, 2.05) is 13.8 Å². The van der Waals surface area contributed by atoms with Gasteiger partial charge in [0.05, 0.1) is 6.10 Å². The highest BCUT2D eigenvalue weighted by Crippen LogP contribution is 1.88. The molecule has 0 aromatic carbocycles. The molecule has 0 fully saturated rings. The zero-order chi connectivity index (χ0) is 10.1. The molecule has 0 atom stereocenters. The van der Waals surface area contributed by atoms with Crippen LogP contribution in [0, 0.1) is 0 Å². The number of ether oxygens (including phenoxy) is 1. The maximum atomic E-state index is 10.8. The highest BCUT2D eigenvalue weighted by Gasteiger charge is 1.96. The first-order chi connectivity index (χ1) is 6.16. The van der Waals surface area contributed by atoms with E-state index in [9.17, 15) is 4.79 Å². The predicted molar refractivity (Wildman–Crippen MR) is 52.4 cm³/mol. The SMILES string of the molecule is C=CNC(=O)NCCCOC(C)C. The van der Waals surface area contributed by atoms with E-state index in [0.29, 0.717) is 13.2 Å². The predicted octanol–water partition coefficient (Wildman–Crippen LogP) is 1.24. The summed E-state index contributed by atoms with van der Waals surface area (Å²) in [5, 5.41) is 5.07. The second-order valence-electron chi connectivity index (χ2n) is 2.88. The van der Waals surface area contributed by atoms with Gasteiger partial charge in [-0.1, -0.05) is 6.58 Å². The van der Waals surface area contributed by atoms with Crippen molar-refractivity contribution in [2.75, 3.05) is 13.2 Å². The minimum atomic E-state index is -0.223. The lowest BCUT2D eigenvalue weighted by atomic mass is 10.4. The number of urea groups is 1. The number of nitrogens with one attached hydrogen (secondary N) is 2. The molecule has 0 aliphatic heterocycles. The van der Waals surface area contributed by atoms with Gasteiger partial charge in [-0.05, 0) is 26.5 Å². The number of amides is 2. The number of carbonyl (C=O) groups is 1. The molecule has 0 saturated heterocycles. The Balaban J connectivity index is 3.16. The lowest BCUT2D eigenvalue weighted by molar-refractivity contribution is 0.0774. The van der Waals surface area contributed by atoms with Crippen LogP contribution in [-0.4, -0.2) is 25.3 Å². The standard InChI is InChI=1S/C9H18N2O2/c1-4-10-9(12)11-6-5-7-13-8(2)3/h4,8H,1,5-7H2,2-3H3,(H2,10,11,12). The van der Waals surface area contributed by atoms with Gasteiger partial charge in [0.15, 0.2) is 0 Å². The van der Waals surface area contributed by atoms with Gasteiger partial charge in [0.25, 0.3) is 0 Å². The molecule has 0 aliphatic rings. The van der Waals surface area contributed by atoms with E-state index >= 15 is 0 Å². The molecule has 13 heavy (non-hydrogen) atoms. The summed E-state index contributed by atoms with van der Waals surface area (Å²) in [5.41, 5.74) is 0. The van der Waals surface area contributed by atoms with Gasteiger partial charge in [0.2, 0.25) is 0 Å². The summed E-state index contributed by atoms with van der Waals surface area (Å²) >= 11 is 0. The van der Waals surface area contributed by atoms with Gasteiger partial charge < -0.3 is 15.4 Å². The summed E-state index contributed by atoms with van der Waals surface area (Å²) in [6.45, 7) is 8.63. The first kappa shape index (κ1) is 12.0. The van der Waals surface area contributed by atoms with E-state index < -0.39 is 0 Å². The summed E-state index contributed by atoms with van der Waals surface area (Å²) in [6.07, 6.45) is 2.42. The van der Waals surface area contributed by atoms with Gasteiger partial charge in [0, 0.05) is 13.2 Å². The van der Waals surface area contributed by atoms with Crippen molar-refractivity contribution < 1.29 is 9.53 Å². The van der Waals surface area contributed by atoms with Crippen LogP contribution in [0.15, 0.2) is 12.8 Å². The van der Waals surface area contributed by atoms with Crippen LogP contribution in [0.25, 0.3) is 0 Å². The van der Waals surface area contributed by atoms with E-state index in [0.717, 1.165) is 6.42 Å². The van der Waals surface area contributed by atoms with Crippen molar-refractivity contribution >= 4 is 6.03 Å². The summed E-state index contributed by atoms with van der Waals surface area (Å²) in [6, 6.07) is -0.223. The van der Waals surface area contributed by atoms with Crippen LogP contribution in [-0.2, 0) is 4.74 Å². The first-order valence-electron chi connectivity index (χ1n) is 4.43. The minimum Gasteiger partial charge on any atom is -0.379 e. The quantitative estimate of drug-likeness (QED) is 0.613. The lowest BCUT2D eigenvalue weighted by Crippen LogP contribution is -2.33. The lowest BCUT2D eigenvalue weighted by Gasteiger charge is -2.07. The Morgan fingerprint density at radius 1 is 1.62 bits per heavy atom. The highest BCUT2D eigenvalue weighted by atomic mass is 16.5. The second kappa shape index (κ2) is 7.61. The van der Waals surface area contributed by atoms with Gasteiger partial charge in [-0.3, -0.25) is 0 Å². The molecule has 0 unspecified atom stereocenters. The van der Waals surface area contributed by atoms with Crippen LogP contribution < -0.4 is 10.6 Å². The first-order valence-corrected chi connectivity index (χ1v) is 4.43. The second-order valence-corrected chi connectivity index (χ2v) is 2.88. The van der Waals surface area contributed by atoms with E-state index in [-0.39, 0.29) is 12.1 Å². The fraction of sp³-hybridized carbons (Fsp3) is 0.667. The molecule has 0 radical (unpaired) electrons. The number of hydrogen-bond donors (Lipinski definition) is 2. The molecule has 2 N–H and O–H groups in total.